The minimum absolute atomic E-state index is 0.0333. The molecule has 6 aromatic heterocycles. The number of pyridine rings is 4. The van der Waals surface area contributed by atoms with Gasteiger partial charge in [0.1, 0.15) is 34.1 Å². The summed E-state index contributed by atoms with van der Waals surface area (Å²) in [6, 6.07) is 18.4. The maximum Gasteiger partial charge on any atom is 0.526 e. The lowest BCUT2D eigenvalue weighted by Crippen LogP contribution is -2.32. The van der Waals surface area contributed by atoms with Gasteiger partial charge in [0, 0.05) is 59.6 Å². The quantitative estimate of drug-likeness (QED) is 0.112. The van der Waals surface area contributed by atoms with Gasteiger partial charge in [-0.3, -0.25) is 19.9 Å². The summed E-state index contributed by atoms with van der Waals surface area (Å²) in [5, 5.41) is 22.8. The third kappa shape index (κ3) is 14.4. The highest BCUT2D eigenvalue weighted by Gasteiger charge is 2.19. The van der Waals surface area contributed by atoms with Crippen LogP contribution in [0.4, 0.5) is 9.59 Å². The molecule has 0 radical (unpaired) electrons. The van der Waals surface area contributed by atoms with E-state index in [1.807, 2.05) is 69.3 Å². The van der Waals surface area contributed by atoms with Crippen molar-refractivity contribution in [2.24, 2.45) is 0 Å². The first-order chi connectivity index (χ1) is 26.6. The minimum Gasteiger partial charge on any atom is -0.468 e. The second-order valence-electron chi connectivity index (χ2n) is 13.9. The van der Waals surface area contributed by atoms with Crippen LogP contribution in [0.15, 0.2) is 124 Å². The second kappa shape index (κ2) is 20.2. The third-order valence-electron chi connectivity index (χ3n) is 7.05. The number of alkyl carbamates (subject to hydrolysis) is 2. The Balaban J connectivity index is 0.000000200. The van der Waals surface area contributed by atoms with Crippen LogP contribution in [0.1, 0.15) is 53.1 Å². The number of nitrogens with one attached hydrogen (secondary N) is 2. The molecule has 0 saturated heterocycles. The van der Waals surface area contributed by atoms with Crippen LogP contribution < -0.4 is 16.3 Å². The average Bonchev–Trinajstić information content (AvgIpc) is 3.84. The largest absolute Gasteiger partial charge is 0.526 e. The van der Waals surface area contributed by atoms with Crippen LogP contribution in [-0.4, -0.2) is 60.5 Å². The van der Waals surface area contributed by atoms with Crippen LogP contribution in [0.2, 0.25) is 0 Å². The van der Waals surface area contributed by atoms with Gasteiger partial charge >= 0.3 is 19.3 Å². The van der Waals surface area contributed by atoms with Crippen molar-refractivity contribution in [1.29, 1.82) is 0 Å². The Labute approximate surface area is 334 Å². The Morgan fingerprint density at radius 2 is 1.09 bits per heavy atom. The lowest BCUT2D eigenvalue weighted by molar-refractivity contribution is 0.0509. The number of hydrogen-bond donors (Lipinski definition) is 4. The summed E-state index contributed by atoms with van der Waals surface area (Å²) in [6.45, 7) is 11.1. The summed E-state index contributed by atoms with van der Waals surface area (Å²) in [5.41, 5.74) is 4.13. The SMILES string of the molecule is Brc1cnccc1-c1ccncc1.CC(C)(C)OC(=O)NCc1ccc(-c2cnccc2-c2ccncc2)o1.CC(C)(C)OC(=O)NCc1ccc(B(O)O)o1. The lowest BCUT2D eigenvalue weighted by atomic mass is 9.88. The van der Waals surface area contributed by atoms with Gasteiger partial charge in [0.05, 0.1) is 13.1 Å². The normalized spacial score (nSPS) is 10.9. The van der Waals surface area contributed by atoms with Crippen molar-refractivity contribution in [3.63, 3.8) is 0 Å². The number of carbonyl (C=O) groups excluding carboxylic acids is 2. The molecule has 6 heterocycles. The highest BCUT2D eigenvalue weighted by atomic mass is 79.9. The van der Waals surface area contributed by atoms with Crippen LogP contribution in [0.3, 0.4) is 0 Å². The highest BCUT2D eigenvalue weighted by molar-refractivity contribution is 9.10. The molecule has 0 aliphatic rings. The molecule has 4 N–H and O–H groups in total. The Morgan fingerprint density at radius 3 is 1.59 bits per heavy atom. The molecule has 0 spiro atoms. The molecule has 6 aromatic rings. The second-order valence-corrected chi connectivity index (χ2v) is 14.8. The summed E-state index contributed by atoms with van der Waals surface area (Å²) >= 11 is 3.45. The molecule has 0 aromatic carbocycles. The van der Waals surface area contributed by atoms with Crippen LogP contribution in [0.25, 0.3) is 33.6 Å². The van der Waals surface area contributed by atoms with Crippen LogP contribution in [0.5, 0.6) is 0 Å². The summed E-state index contributed by atoms with van der Waals surface area (Å²) in [6.07, 6.45) is 13.1. The van der Waals surface area contributed by atoms with Crippen molar-refractivity contribution in [1.82, 2.24) is 30.6 Å². The predicted molar refractivity (Wildman–Crippen MR) is 215 cm³/mol. The van der Waals surface area contributed by atoms with Gasteiger partial charge < -0.3 is 39.0 Å². The van der Waals surface area contributed by atoms with Crippen molar-refractivity contribution in [2.45, 2.75) is 65.8 Å². The summed E-state index contributed by atoms with van der Waals surface area (Å²) in [4.78, 5) is 39.3. The van der Waals surface area contributed by atoms with E-state index in [0.717, 1.165) is 32.3 Å². The zero-order chi connectivity index (χ0) is 40.7. The van der Waals surface area contributed by atoms with E-state index in [-0.39, 0.29) is 18.7 Å². The minimum atomic E-state index is -1.65. The highest BCUT2D eigenvalue weighted by Crippen LogP contribution is 2.32. The third-order valence-corrected chi connectivity index (χ3v) is 7.68. The predicted octanol–water partition coefficient (Wildman–Crippen LogP) is 7.32. The number of carbonyl (C=O) groups is 2. The fourth-order valence-electron chi connectivity index (χ4n) is 4.71. The van der Waals surface area contributed by atoms with Crippen LogP contribution >= 0.6 is 15.9 Å². The molecule has 0 unspecified atom stereocenters. The zero-order valence-corrected chi connectivity index (χ0v) is 33.5. The lowest BCUT2D eigenvalue weighted by Gasteiger charge is -2.19. The Bertz CT molecular complexity index is 2130. The van der Waals surface area contributed by atoms with E-state index in [1.54, 1.807) is 76.4 Å². The molecule has 292 valence electrons. The monoisotopic (exact) mass is 826 g/mol. The number of ether oxygens (including phenoxy) is 2. The smallest absolute Gasteiger partial charge is 0.468 e. The van der Waals surface area contributed by atoms with Gasteiger partial charge in [0.25, 0.3) is 0 Å². The van der Waals surface area contributed by atoms with Gasteiger partial charge in [0.15, 0.2) is 0 Å². The molecular weight excluding hydrogens is 783 g/mol. The number of furan rings is 2. The maximum atomic E-state index is 11.8. The van der Waals surface area contributed by atoms with Gasteiger partial charge in [-0.25, -0.2) is 9.59 Å². The molecule has 14 nitrogen and oxygen atoms in total. The van der Waals surface area contributed by atoms with E-state index in [2.05, 4.69) is 46.5 Å². The number of rotatable bonds is 8. The molecule has 2 amide bonds. The van der Waals surface area contributed by atoms with Gasteiger partial charge in [-0.05, 0) is 140 Å². The average molecular weight is 828 g/mol. The molecule has 0 aliphatic heterocycles. The van der Waals surface area contributed by atoms with E-state index in [4.69, 9.17) is 28.4 Å². The molecule has 56 heavy (non-hydrogen) atoms. The first-order valence-corrected chi connectivity index (χ1v) is 18.2. The van der Waals surface area contributed by atoms with E-state index in [9.17, 15) is 9.59 Å². The van der Waals surface area contributed by atoms with E-state index in [0.29, 0.717) is 17.3 Å². The fourth-order valence-corrected chi connectivity index (χ4v) is 5.19. The molecule has 0 saturated carbocycles. The Hall–Kier alpha value is -5.84. The van der Waals surface area contributed by atoms with Crippen molar-refractivity contribution in [3.05, 3.63) is 126 Å². The number of hydrogen-bond acceptors (Lipinski definition) is 12. The van der Waals surface area contributed by atoms with E-state index < -0.39 is 30.5 Å². The standard InChI is InChI=1S/C20H21N3O3.C10H16BNO5.C10H7BrN2/c1-20(2,3)26-19(24)23-12-15-4-5-18(25-15)17-13-22-11-8-16(17)14-6-9-21-10-7-14;1-10(2,3)17-9(13)12-6-7-4-5-8(16-7)11(14)15;11-10-7-13-6-3-9(10)8-1-4-12-5-2-8/h4-11,13H,12H2,1-3H3,(H,23,24);4-5,14-15H,6H2,1-3H3,(H,12,13);1-7H. The molecule has 0 bridgehead atoms. The van der Waals surface area contributed by atoms with Crippen LogP contribution in [0, 0.1) is 0 Å². The Morgan fingerprint density at radius 1 is 0.625 bits per heavy atom. The van der Waals surface area contributed by atoms with Crippen molar-refractivity contribution in [3.8, 4) is 33.6 Å². The van der Waals surface area contributed by atoms with E-state index in [1.165, 1.54) is 6.07 Å². The van der Waals surface area contributed by atoms with E-state index >= 15 is 0 Å². The topological polar surface area (TPSA) is 195 Å². The fraction of sp³-hybridized carbons (Fsp3) is 0.250. The number of nitrogens with zero attached hydrogens (tertiary/aromatic N) is 4. The first-order valence-electron chi connectivity index (χ1n) is 17.4. The van der Waals surface area contributed by atoms with Gasteiger partial charge in [-0.1, -0.05) is 0 Å². The zero-order valence-electron chi connectivity index (χ0n) is 31.9. The number of halogens is 1. The van der Waals surface area contributed by atoms with Crippen molar-refractivity contribution >= 4 is 40.9 Å². The Kier molecular flexibility index (Phi) is 15.5. The van der Waals surface area contributed by atoms with Gasteiger partial charge in [-0.2, -0.15) is 0 Å². The molecular formula is C40H44BBrN6O8. The molecule has 16 heteroatoms. The summed E-state index contributed by atoms with van der Waals surface area (Å²) in [5.74, 6) is 1.74. The summed E-state index contributed by atoms with van der Waals surface area (Å²) < 4.78 is 22.2. The van der Waals surface area contributed by atoms with Gasteiger partial charge in [-0.15, -0.1) is 0 Å². The molecule has 0 atom stereocenters. The summed E-state index contributed by atoms with van der Waals surface area (Å²) in [7, 11) is -1.65. The van der Waals surface area contributed by atoms with Crippen molar-refractivity contribution < 1.29 is 37.9 Å². The molecule has 0 aliphatic carbocycles. The first kappa shape index (κ1) is 42.9. The van der Waals surface area contributed by atoms with Crippen LogP contribution in [-0.2, 0) is 22.6 Å². The maximum absolute atomic E-state index is 11.8. The van der Waals surface area contributed by atoms with Crippen molar-refractivity contribution in [2.75, 3.05) is 0 Å². The molecule has 6 rings (SSSR count). The number of amides is 2. The number of aromatic nitrogens is 4. The van der Waals surface area contributed by atoms with Gasteiger partial charge in [0.2, 0.25) is 0 Å². The molecule has 0 fully saturated rings.